The number of carbonyl (C=O) groups is 1. The second-order valence-corrected chi connectivity index (χ2v) is 9.30. The highest BCUT2D eigenvalue weighted by Gasteiger charge is 2.39. The van der Waals surface area contributed by atoms with Gasteiger partial charge in [-0.15, -0.1) is 0 Å². The van der Waals surface area contributed by atoms with Crippen LogP contribution in [-0.4, -0.2) is 42.1 Å². The summed E-state index contributed by atoms with van der Waals surface area (Å²) in [5, 5.41) is 2.97. The summed E-state index contributed by atoms with van der Waals surface area (Å²) in [5.41, 5.74) is 2.53. The molecule has 5 rings (SSSR count). The normalized spacial score (nSPS) is 25.8. The molecule has 0 radical (unpaired) electrons. The fourth-order valence-electron chi connectivity index (χ4n) is 4.97. The van der Waals surface area contributed by atoms with E-state index in [-0.39, 0.29) is 5.91 Å². The molecule has 2 aliphatic heterocycles. The molecule has 3 atom stereocenters. The van der Waals surface area contributed by atoms with Crippen molar-refractivity contribution in [2.24, 2.45) is 0 Å². The van der Waals surface area contributed by atoms with Crippen molar-refractivity contribution in [3.05, 3.63) is 59.7 Å². The van der Waals surface area contributed by atoms with Crippen LogP contribution in [0.1, 0.15) is 60.9 Å². The molecule has 2 aromatic rings. The number of hydrogen-bond acceptors (Lipinski definition) is 4. The fourth-order valence-corrected chi connectivity index (χ4v) is 4.97. The molecule has 0 unspecified atom stereocenters. The van der Waals surface area contributed by atoms with E-state index in [4.69, 9.17) is 9.47 Å². The molecular formula is C26H32N2O3. The van der Waals surface area contributed by atoms with Gasteiger partial charge in [0.15, 0.2) is 0 Å². The van der Waals surface area contributed by atoms with Gasteiger partial charge in [-0.2, -0.15) is 0 Å². The van der Waals surface area contributed by atoms with Crippen LogP contribution < -0.4 is 10.1 Å². The Balaban J connectivity index is 1.12. The zero-order valence-electron chi connectivity index (χ0n) is 18.3. The molecule has 3 aliphatic rings. The second kappa shape index (κ2) is 9.01. The summed E-state index contributed by atoms with van der Waals surface area (Å²) in [5.74, 6) is 0.773. The molecule has 31 heavy (non-hydrogen) atoms. The number of ether oxygens (including phenoxy) is 2. The maximum absolute atomic E-state index is 12.6. The van der Waals surface area contributed by atoms with Crippen molar-refractivity contribution in [2.45, 2.75) is 75.8 Å². The largest absolute Gasteiger partial charge is 0.490 e. The minimum Gasteiger partial charge on any atom is -0.490 e. The van der Waals surface area contributed by atoms with Crippen molar-refractivity contribution in [2.75, 3.05) is 12.4 Å². The van der Waals surface area contributed by atoms with Crippen LogP contribution in [0.3, 0.4) is 0 Å². The monoisotopic (exact) mass is 420 g/mol. The van der Waals surface area contributed by atoms with Crippen molar-refractivity contribution in [1.29, 1.82) is 0 Å². The maximum atomic E-state index is 12.6. The highest BCUT2D eigenvalue weighted by molar-refractivity contribution is 6.04. The average molecular weight is 421 g/mol. The molecule has 1 saturated carbocycles. The van der Waals surface area contributed by atoms with E-state index >= 15 is 0 Å². The third kappa shape index (κ3) is 4.78. The van der Waals surface area contributed by atoms with E-state index in [9.17, 15) is 4.79 Å². The summed E-state index contributed by atoms with van der Waals surface area (Å²) < 4.78 is 12.1. The van der Waals surface area contributed by atoms with E-state index in [1.807, 2.05) is 48.5 Å². The summed E-state index contributed by atoms with van der Waals surface area (Å²) >= 11 is 0. The van der Waals surface area contributed by atoms with Gasteiger partial charge in [-0.05, 0) is 94.0 Å². The Morgan fingerprint density at radius 3 is 2.23 bits per heavy atom. The molecular weight excluding hydrogens is 388 g/mol. The first-order valence-electron chi connectivity index (χ1n) is 11.6. The van der Waals surface area contributed by atoms with Crippen LogP contribution in [-0.2, 0) is 11.3 Å². The minimum atomic E-state index is -0.105. The van der Waals surface area contributed by atoms with Crippen LogP contribution in [0.15, 0.2) is 48.5 Å². The smallest absolute Gasteiger partial charge is 0.255 e. The van der Waals surface area contributed by atoms with E-state index < -0.39 is 0 Å². The van der Waals surface area contributed by atoms with E-state index in [0.717, 1.165) is 29.8 Å². The maximum Gasteiger partial charge on any atom is 0.255 e. The molecule has 5 nitrogen and oxygen atoms in total. The van der Waals surface area contributed by atoms with E-state index in [0.29, 0.717) is 36.5 Å². The van der Waals surface area contributed by atoms with Gasteiger partial charge >= 0.3 is 0 Å². The molecule has 2 saturated heterocycles. The number of carbonyl (C=O) groups excluding carboxylic acids is 1. The summed E-state index contributed by atoms with van der Waals surface area (Å²) in [4.78, 5) is 15.1. The Labute approximate surface area is 184 Å². The van der Waals surface area contributed by atoms with Crippen molar-refractivity contribution in [3.63, 3.8) is 0 Å². The number of hydrogen-bond donors (Lipinski definition) is 1. The predicted molar refractivity (Wildman–Crippen MR) is 121 cm³/mol. The summed E-state index contributed by atoms with van der Waals surface area (Å²) in [6.45, 7) is 0.618. The average Bonchev–Trinajstić information content (AvgIpc) is 2.95. The highest BCUT2D eigenvalue weighted by atomic mass is 16.5. The lowest BCUT2D eigenvalue weighted by molar-refractivity contribution is -0.00866. The van der Waals surface area contributed by atoms with Crippen LogP contribution in [0, 0.1) is 0 Å². The van der Waals surface area contributed by atoms with E-state index in [1.165, 1.54) is 32.1 Å². The Morgan fingerprint density at radius 2 is 1.61 bits per heavy atom. The highest BCUT2D eigenvalue weighted by Crippen LogP contribution is 2.36. The van der Waals surface area contributed by atoms with Gasteiger partial charge in [0, 0.05) is 23.3 Å². The zero-order chi connectivity index (χ0) is 21.2. The fraction of sp³-hybridized carbons (Fsp3) is 0.500. The molecule has 164 valence electrons. The summed E-state index contributed by atoms with van der Waals surface area (Å²) in [6.07, 6.45) is 9.12. The lowest BCUT2D eigenvalue weighted by atomic mass is 9.96. The van der Waals surface area contributed by atoms with Crippen molar-refractivity contribution in [3.8, 4) is 5.75 Å². The molecule has 1 aliphatic carbocycles. The first-order chi connectivity index (χ1) is 15.1. The van der Waals surface area contributed by atoms with Gasteiger partial charge in [0.2, 0.25) is 0 Å². The number of piperidine rings is 1. The first kappa shape index (κ1) is 20.5. The van der Waals surface area contributed by atoms with Crippen LogP contribution in [0.5, 0.6) is 5.75 Å². The molecule has 3 fully saturated rings. The topological polar surface area (TPSA) is 50.8 Å². The summed E-state index contributed by atoms with van der Waals surface area (Å²) in [6, 6.07) is 16.7. The molecule has 0 spiro atoms. The number of amides is 1. The molecule has 5 heteroatoms. The van der Waals surface area contributed by atoms with Gasteiger partial charge in [0.05, 0.1) is 12.7 Å². The van der Waals surface area contributed by atoms with Crippen LogP contribution in [0.4, 0.5) is 5.69 Å². The lowest BCUT2D eigenvalue weighted by Gasteiger charge is -2.36. The molecule has 1 amide bonds. The number of nitrogens with zero attached hydrogens (tertiary/aromatic N) is 1. The van der Waals surface area contributed by atoms with Crippen LogP contribution in [0.25, 0.3) is 0 Å². The Hall–Kier alpha value is -2.37. The van der Waals surface area contributed by atoms with Gasteiger partial charge in [0.25, 0.3) is 5.91 Å². The van der Waals surface area contributed by atoms with Gasteiger partial charge in [-0.1, -0.05) is 12.1 Å². The number of benzene rings is 2. The Morgan fingerprint density at radius 1 is 0.935 bits per heavy atom. The van der Waals surface area contributed by atoms with Crippen molar-refractivity contribution >= 4 is 11.6 Å². The Kier molecular flexibility index (Phi) is 5.97. The molecule has 0 aromatic heterocycles. The Bertz CT molecular complexity index is 878. The third-order valence-electron chi connectivity index (χ3n) is 7.22. The quantitative estimate of drug-likeness (QED) is 0.684. The van der Waals surface area contributed by atoms with Crippen molar-refractivity contribution in [1.82, 2.24) is 4.90 Å². The predicted octanol–water partition coefficient (Wildman–Crippen LogP) is 5.01. The first-order valence-corrected chi connectivity index (χ1v) is 11.6. The van der Waals surface area contributed by atoms with Crippen LogP contribution >= 0.6 is 0 Å². The van der Waals surface area contributed by atoms with Gasteiger partial charge < -0.3 is 19.7 Å². The minimum absolute atomic E-state index is 0.105. The standard InChI is InChI=1S/C26H32N2O3/c1-28-21-11-12-22(28)16-25(15-21)31-24-13-9-20(10-14-24)27-26(29)19-7-5-18(6-8-19)17-30-23-3-2-4-23/h5-10,13-14,21-23,25H,2-4,11-12,15-17H2,1H3,(H,27,29)/t21-,22+,25+. The second-order valence-electron chi connectivity index (χ2n) is 9.30. The van der Waals surface area contributed by atoms with E-state index in [1.54, 1.807) is 0 Å². The third-order valence-corrected chi connectivity index (χ3v) is 7.22. The lowest BCUT2D eigenvalue weighted by Crippen LogP contribution is -2.43. The van der Waals surface area contributed by atoms with Crippen LogP contribution in [0.2, 0.25) is 0 Å². The van der Waals surface area contributed by atoms with Gasteiger partial charge in [-0.25, -0.2) is 0 Å². The van der Waals surface area contributed by atoms with Gasteiger partial charge in [0.1, 0.15) is 11.9 Å². The number of rotatable bonds is 7. The number of anilines is 1. The zero-order valence-corrected chi connectivity index (χ0v) is 18.3. The molecule has 2 heterocycles. The summed E-state index contributed by atoms with van der Waals surface area (Å²) in [7, 11) is 2.24. The molecule has 2 aromatic carbocycles. The SMILES string of the molecule is CN1[C@@H]2CC[C@H]1C[C@@H](Oc1ccc(NC(=O)c3ccc(COC4CCC4)cc3)cc1)C2. The van der Waals surface area contributed by atoms with E-state index in [2.05, 4.69) is 17.3 Å². The van der Waals surface area contributed by atoms with Crippen molar-refractivity contribution < 1.29 is 14.3 Å². The molecule has 1 N–H and O–H groups in total. The van der Waals surface area contributed by atoms with Gasteiger partial charge in [-0.3, -0.25) is 4.79 Å². The molecule has 2 bridgehead atoms. The number of nitrogens with one attached hydrogen (secondary N) is 1. The number of fused-ring (bicyclic) bond motifs is 2.